The van der Waals surface area contributed by atoms with Gasteiger partial charge in [-0.1, -0.05) is 12.8 Å². The van der Waals surface area contributed by atoms with E-state index in [2.05, 4.69) is 0 Å². The van der Waals surface area contributed by atoms with Crippen molar-refractivity contribution in [3.63, 3.8) is 0 Å². The van der Waals surface area contributed by atoms with E-state index >= 15 is 0 Å². The molecule has 0 aromatic heterocycles. The van der Waals surface area contributed by atoms with Crippen LogP contribution in [0.15, 0.2) is 0 Å². The Morgan fingerprint density at radius 3 is 0.760 bits per heavy atom. The van der Waals surface area contributed by atoms with Gasteiger partial charge in [0, 0.05) is 12.1 Å². The van der Waals surface area contributed by atoms with Gasteiger partial charge in [-0.15, -0.1) is 0 Å². The van der Waals surface area contributed by atoms with Gasteiger partial charge in [0.05, 0.1) is 20.3 Å². The first-order valence-electron chi connectivity index (χ1n) is 5.51. The zero-order valence-electron chi connectivity index (χ0n) is 12.1. The van der Waals surface area contributed by atoms with Gasteiger partial charge in [-0.2, -0.15) is 0 Å². The van der Waals surface area contributed by atoms with Crippen LogP contribution in [0.4, 0.5) is 0 Å². The molecular weight excluding hydrogens is 543 g/mol. The average Bonchev–Trinajstić information content (AvgIpc) is 2.30. The monoisotopic (exact) mass is 557 g/mol. The van der Waals surface area contributed by atoms with Crippen molar-refractivity contribution in [2.75, 3.05) is 0 Å². The number of rotatable bonds is 0. The minimum absolute atomic E-state index is 0. The molecule has 0 bridgehead atoms. The molecule has 0 radical (unpaired) electrons. The van der Waals surface area contributed by atoms with Crippen LogP contribution < -0.4 is 11.5 Å². The summed E-state index contributed by atoms with van der Waals surface area (Å²) in [7, 11) is 0. The molecule has 0 unspecified atom stereocenters. The van der Waals surface area contributed by atoms with Crippen molar-refractivity contribution < 1.29 is 41.4 Å². The molecule has 25 heavy (non-hydrogen) atoms. The van der Waals surface area contributed by atoms with Crippen molar-refractivity contribution in [2.24, 2.45) is 11.5 Å². The Balaban J connectivity index is -0.0000000695. The molecule has 0 aromatic rings. The third-order valence-electron chi connectivity index (χ3n) is 1.87. The smallest absolute Gasteiger partial charge is 0.356 e. The Kier molecular flexibility index (Phi) is 32.1. The molecule has 1 aliphatic rings. The molecule has 0 spiro atoms. The van der Waals surface area contributed by atoms with E-state index in [1.807, 2.05) is 0 Å². The predicted molar refractivity (Wildman–Crippen MR) is 75.9 cm³/mol. The maximum Gasteiger partial charge on any atom is 4.00 e. The molecular formula is C6H14N6O12Pt. The van der Waals surface area contributed by atoms with Gasteiger partial charge >= 0.3 is 21.1 Å². The van der Waals surface area contributed by atoms with Gasteiger partial charge in [0.25, 0.3) is 0 Å². The normalized spacial score (nSPS) is 16.6. The molecule has 2 atom stereocenters. The Morgan fingerprint density at radius 2 is 0.680 bits per heavy atom. The predicted octanol–water partition coefficient (Wildman–Crippen LogP) is -0.744. The fraction of sp³-hybridized carbons (Fsp3) is 1.00. The third-order valence-corrected chi connectivity index (χ3v) is 1.87. The Hall–Kier alpha value is -2.59. The van der Waals surface area contributed by atoms with E-state index in [4.69, 9.17) is 72.8 Å². The minimum Gasteiger partial charge on any atom is -0.356 e. The Bertz CT molecular complexity index is 298. The van der Waals surface area contributed by atoms with Crippen LogP contribution in [0.25, 0.3) is 0 Å². The first kappa shape index (κ1) is 33.9. The molecule has 1 rings (SSSR count). The van der Waals surface area contributed by atoms with Gasteiger partial charge in [0.2, 0.25) is 0 Å². The molecule has 1 fully saturated rings. The van der Waals surface area contributed by atoms with Crippen LogP contribution in [-0.2, 0) is 21.1 Å². The molecule has 0 heterocycles. The number of nitrogens with two attached hydrogens (primary N) is 2. The quantitative estimate of drug-likeness (QED) is 0.273. The van der Waals surface area contributed by atoms with Gasteiger partial charge in [-0.25, -0.2) is 0 Å². The van der Waals surface area contributed by atoms with Crippen LogP contribution in [0.1, 0.15) is 25.7 Å². The summed E-state index contributed by atoms with van der Waals surface area (Å²) in [4.78, 5) is 33.0. The standard InChI is InChI=1S/C6H14N2.4NO3.Pt/c7-5-3-1-2-4-6(5)8;4*2-1(3)4;/h5-6H,1-4,7-8H2;;;;;/q;4*-1;+4/t5-,6-;;;;;/m1...../s1. The van der Waals surface area contributed by atoms with Gasteiger partial charge in [0.15, 0.2) is 0 Å². The fourth-order valence-electron chi connectivity index (χ4n) is 1.19. The minimum atomic E-state index is -1.75. The van der Waals surface area contributed by atoms with Crippen molar-refractivity contribution in [2.45, 2.75) is 37.8 Å². The van der Waals surface area contributed by atoms with E-state index in [0.717, 1.165) is 12.8 Å². The molecule has 1 saturated carbocycles. The second-order valence-corrected chi connectivity index (χ2v) is 3.51. The summed E-state index contributed by atoms with van der Waals surface area (Å²) in [6.07, 6.45) is 4.80. The van der Waals surface area contributed by atoms with E-state index in [0.29, 0.717) is 0 Å². The summed E-state index contributed by atoms with van der Waals surface area (Å²) in [5.74, 6) is 0. The number of nitrogens with zero attached hydrogens (tertiary/aromatic N) is 4. The average molecular weight is 557 g/mol. The van der Waals surface area contributed by atoms with E-state index in [9.17, 15) is 0 Å². The number of hydrogen-bond donors (Lipinski definition) is 2. The van der Waals surface area contributed by atoms with Gasteiger partial charge < -0.3 is 72.8 Å². The molecule has 0 amide bonds. The summed E-state index contributed by atoms with van der Waals surface area (Å²) in [5, 5.41) is 59.0. The summed E-state index contributed by atoms with van der Waals surface area (Å²) in [6.45, 7) is 0. The topological polar surface area (TPSA) is 317 Å². The second-order valence-electron chi connectivity index (χ2n) is 3.51. The maximum atomic E-state index is 8.25. The van der Waals surface area contributed by atoms with E-state index in [-0.39, 0.29) is 33.1 Å². The van der Waals surface area contributed by atoms with Crippen LogP contribution >= 0.6 is 0 Å². The molecule has 4 N–H and O–H groups in total. The van der Waals surface area contributed by atoms with E-state index in [1.54, 1.807) is 0 Å². The van der Waals surface area contributed by atoms with E-state index in [1.165, 1.54) is 12.8 Å². The van der Waals surface area contributed by atoms with Crippen molar-refractivity contribution in [1.82, 2.24) is 0 Å². The maximum absolute atomic E-state index is 8.25. The van der Waals surface area contributed by atoms with Crippen molar-refractivity contribution in [3.8, 4) is 0 Å². The molecule has 0 saturated heterocycles. The van der Waals surface area contributed by atoms with Crippen LogP contribution in [0, 0.1) is 61.3 Å². The fourth-order valence-corrected chi connectivity index (χ4v) is 1.19. The van der Waals surface area contributed by atoms with Crippen LogP contribution in [0.5, 0.6) is 0 Å². The first-order chi connectivity index (χ1) is 10.7. The largest absolute Gasteiger partial charge is 4.00 e. The zero-order chi connectivity index (χ0) is 20.3. The van der Waals surface area contributed by atoms with Gasteiger partial charge in [-0.3, -0.25) is 0 Å². The second kappa shape index (κ2) is 23.7. The van der Waals surface area contributed by atoms with Crippen LogP contribution in [0.3, 0.4) is 0 Å². The first-order valence-corrected chi connectivity index (χ1v) is 5.51. The van der Waals surface area contributed by atoms with E-state index < -0.39 is 20.3 Å². The summed E-state index contributed by atoms with van der Waals surface area (Å²) < 4.78 is 0. The molecule has 18 nitrogen and oxygen atoms in total. The molecule has 0 aromatic carbocycles. The Labute approximate surface area is 152 Å². The summed E-state index contributed by atoms with van der Waals surface area (Å²) >= 11 is 0. The summed E-state index contributed by atoms with van der Waals surface area (Å²) in [5.41, 5.74) is 11.3. The number of hydrogen-bond acceptors (Lipinski definition) is 14. The molecule has 0 aliphatic heterocycles. The third kappa shape index (κ3) is 114. The molecule has 150 valence electrons. The van der Waals surface area contributed by atoms with Gasteiger partial charge in [0.1, 0.15) is 0 Å². The van der Waals surface area contributed by atoms with Crippen molar-refractivity contribution >= 4 is 0 Å². The SMILES string of the molecule is N[C@@H]1CCCC[C@H]1N.O=[N+]([O-])[O-].O=[N+]([O-])[O-].O=[N+]([O-])[O-].O=[N+]([O-])[O-].[Pt+4]. The van der Waals surface area contributed by atoms with Crippen molar-refractivity contribution in [3.05, 3.63) is 61.3 Å². The van der Waals surface area contributed by atoms with Crippen LogP contribution in [0.2, 0.25) is 0 Å². The zero-order valence-corrected chi connectivity index (χ0v) is 14.4. The van der Waals surface area contributed by atoms with Crippen LogP contribution in [-0.4, -0.2) is 32.4 Å². The van der Waals surface area contributed by atoms with Crippen molar-refractivity contribution in [1.29, 1.82) is 0 Å². The summed E-state index contributed by atoms with van der Waals surface area (Å²) in [6, 6.07) is 0.562. The molecule has 19 heteroatoms. The Morgan fingerprint density at radius 1 is 0.560 bits per heavy atom. The van der Waals surface area contributed by atoms with Gasteiger partial charge in [-0.05, 0) is 12.8 Å². The molecule has 1 aliphatic carbocycles.